The number of aryl methyl sites for hydroxylation is 1. The number of nitrogens with one attached hydrogen (secondary N) is 1. The lowest BCUT2D eigenvalue weighted by molar-refractivity contribution is 0.394. The van der Waals surface area contributed by atoms with Crippen molar-refractivity contribution in [3.8, 4) is 0 Å². The highest BCUT2D eigenvalue weighted by atomic mass is 79.9. The highest BCUT2D eigenvalue weighted by molar-refractivity contribution is 9.10. The molecule has 100 valence electrons. The molecule has 1 fully saturated rings. The van der Waals surface area contributed by atoms with Gasteiger partial charge in [-0.3, -0.25) is 0 Å². The van der Waals surface area contributed by atoms with E-state index < -0.39 is 0 Å². The fraction of sp³-hybridized carbons (Fsp3) is 0.600. The van der Waals surface area contributed by atoms with Crippen LogP contribution >= 0.6 is 15.9 Å². The Hall–Kier alpha value is -0.540. The summed E-state index contributed by atoms with van der Waals surface area (Å²) in [6.07, 6.45) is 2.57. The number of hydrogen-bond donors (Lipinski definition) is 1. The van der Waals surface area contributed by atoms with Crippen molar-refractivity contribution in [3.63, 3.8) is 0 Å². The summed E-state index contributed by atoms with van der Waals surface area (Å²) in [5.41, 5.74) is 2.66. The van der Waals surface area contributed by atoms with Gasteiger partial charge in [-0.05, 0) is 43.5 Å². The van der Waals surface area contributed by atoms with Crippen LogP contribution in [-0.4, -0.2) is 25.2 Å². The van der Waals surface area contributed by atoms with E-state index in [1.807, 2.05) is 0 Å². The summed E-state index contributed by atoms with van der Waals surface area (Å²) in [7, 11) is 0. The van der Waals surface area contributed by atoms with Crippen LogP contribution in [0.15, 0.2) is 22.7 Å². The molecule has 0 radical (unpaired) electrons. The van der Waals surface area contributed by atoms with E-state index >= 15 is 0 Å². The normalized spacial score (nSPS) is 20.5. The van der Waals surface area contributed by atoms with Gasteiger partial charge in [0.2, 0.25) is 0 Å². The van der Waals surface area contributed by atoms with Crippen molar-refractivity contribution in [2.45, 2.75) is 45.7 Å². The van der Waals surface area contributed by atoms with Gasteiger partial charge in [-0.2, -0.15) is 0 Å². The molecule has 2 nitrogen and oxygen atoms in total. The summed E-state index contributed by atoms with van der Waals surface area (Å²) in [5, 5.41) is 3.66. The van der Waals surface area contributed by atoms with Gasteiger partial charge in [-0.25, -0.2) is 0 Å². The van der Waals surface area contributed by atoms with Crippen LogP contribution < -0.4 is 10.2 Å². The molecule has 1 aliphatic rings. The van der Waals surface area contributed by atoms with Gasteiger partial charge >= 0.3 is 0 Å². The van der Waals surface area contributed by atoms with E-state index in [1.54, 1.807) is 0 Å². The third-order valence-corrected chi connectivity index (χ3v) is 3.84. The molecule has 0 bridgehead atoms. The van der Waals surface area contributed by atoms with Crippen LogP contribution in [0.1, 0.15) is 32.3 Å². The molecule has 2 rings (SSSR count). The van der Waals surface area contributed by atoms with E-state index in [1.165, 1.54) is 35.1 Å². The zero-order chi connectivity index (χ0) is 13.1. The molecule has 0 aromatic heterocycles. The third kappa shape index (κ3) is 3.72. The molecule has 0 saturated carbocycles. The molecule has 18 heavy (non-hydrogen) atoms. The molecule has 1 aromatic rings. The molecule has 1 saturated heterocycles. The van der Waals surface area contributed by atoms with Gasteiger partial charge in [0.1, 0.15) is 0 Å². The van der Waals surface area contributed by atoms with Crippen LogP contribution in [0.5, 0.6) is 0 Å². The van der Waals surface area contributed by atoms with Crippen molar-refractivity contribution in [2.24, 2.45) is 0 Å². The number of nitrogens with zero attached hydrogens (tertiary/aromatic N) is 1. The lowest BCUT2D eigenvalue weighted by atomic mass is 10.0. The van der Waals surface area contributed by atoms with Crippen LogP contribution in [0.25, 0.3) is 0 Å². The molecular weight excluding hydrogens is 288 g/mol. The van der Waals surface area contributed by atoms with Crippen molar-refractivity contribution in [1.29, 1.82) is 0 Å². The number of piperidine rings is 1. The molecule has 1 aliphatic heterocycles. The van der Waals surface area contributed by atoms with Crippen LogP contribution in [0.2, 0.25) is 0 Å². The van der Waals surface area contributed by atoms with Crippen molar-refractivity contribution < 1.29 is 0 Å². The summed E-state index contributed by atoms with van der Waals surface area (Å²) in [5.74, 6) is 0. The Kier molecular flexibility index (Phi) is 4.68. The molecule has 3 heteroatoms. The second kappa shape index (κ2) is 6.07. The Morgan fingerprint density at radius 2 is 2.11 bits per heavy atom. The molecule has 0 aliphatic carbocycles. The molecule has 1 heterocycles. The maximum Gasteiger partial charge on any atom is 0.0380 e. The van der Waals surface area contributed by atoms with Crippen molar-refractivity contribution in [3.05, 3.63) is 28.2 Å². The Labute approximate surface area is 119 Å². The van der Waals surface area contributed by atoms with Crippen LogP contribution in [0.4, 0.5) is 5.69 Å². The van der Waals surface area contributed by atoms with Crippen LogP contribution in [-0.2, 0) is 0 Å². The van der Waals surface area contributed by atoms with Gasteiger partial charge in [0.15, 0.2) is 0 Å². The van der Waals surface area contributed by atoms with E-state index in [0.717, 1.165) is 6.54 Å². The molecule has 1 unspecified atom stereocenters. The number of benzene rings is 1. The number of hydrogen-bond acceptors (Lipinski definition) is 2. The first-order valence-electron chi connectivity index (χ1n) is 6.83. The standard InChI is InChI=1S/C15H23BrN2/c1-11(2)17-14-5-4-6-18(10-14)15-8-12(3)7-13(16)9-15/h7-9,11,14,17H,4-6,10H2,1-3H3. The van der Waals surface area contributed by atoms with Gasteiger partial charge in [-0.1, -0.05) is 29.8 Å². The molecular formula is C15H23BrN2. The Balaban J connectivity index is 2.08. The maximum absolute atomic E-state index is 3.66. The summed E-state index contributed by atoms with van der Waals surface area (Å²) in [6.45, 7) is 8.90. The predicted molar refractivity (Wildman–Crippen MR) is 82.4 cm³/mol. The smallest absolute Gasteiger partial charge is 0.0380 e. The summed E-state index contributed by atoms with van der Waals surface area (Å²) in [4.78, 5) is 2.50. The quantitative estimate of drug-likeness (QED) is 0.915. The van der Waals surface area contributed by atoms with E-state index in [-0.39, 0.29) is 0 Å². The zero-order valence-electron chi connectivity index (χ0n) is 11.5. The molecule has 1 atom stereocenters. The minimum atomic E-state index is 0.569. The van der Waals surface area contributed by atoms with Crippen molar-refractivity contribution in [1.82, 2.24) is 5.32 Å². The fourth-order valence-corrected chi connectivity index (χ4v) is 3.31. The Morgan fingerprint density at radius 1 is 1.33 bits per heavy atom. The second-order valence-electron chi connectivity index (χ2n) is 5.59. The molecule has 1 N–H and O–H groups in total. The lowest BCUT2D eigenvalue weighted by Gasteiger charge is -2.36. The summed E-state index contributed by atoms with van der Waals surface area (Å²) >= 11 is 3.59. The fourth-order valence-electron chi connectivity index (χ4n) is 2.72. The van der Waals surface area contributed by atoms with Gasteiger partial charge < -0.3 is 10.2 Å². The lowest BCUT2D eigenvalue weighted by Crippen LogP contribution is -2.47. The minimum absolute atomic E-state index is 0.569. The first-order valence-corrected chi connectivity index (χ1v) is 7.62. The van der Waals surface area contributed by atoms with Crippen molar-refractivity contribution in [2.75, 3.05) is 18.0 Å². The SMILES string of the molecule is Cc1cc(Br)cc(N2CCCC(NC(C)C)C2)c1. The van der Waals surface area contributed by atoms with Gasteiger partial charge in [0, 0.05) is 35.3 Å². The second-order valence-corrected chi connectivity index (χ2v) is 6.51. The molecule has 0 spiro atoms. The number of anilines is 1. The zero-order valence-corrected chi connectivity index (χ0v) is 13.1. The molecule has 1 aromatic carbocycles. The van der Waals surface area contributed by atoms with Crippen LogP contribution in [0.3, 0.4) is 0 Å². The van der Waals surface area contributed by atoms with Crippen LogP contribution in [0, 0.1) is 6.92 Å². The molecule has 0 amide bonds. The van der Waals surface area contributed by atoms with E-state index in [9.17, 15) is 0 Å². The Bertz CT molecular complexity index is 383. The average Bonchev–Trinajstić information content (AvgIpc) is 2.27. The third-order valence-electron chi connectivity index (χ3n) is 3.38. The maximum atomic E-state index is 3.66. The summed E-state index contributed by atoms with van der Waals surface area (Å²) in [6, 6.07) is 7.86. The average molecular weight is 311 g/mol. The Morgan fingerprint density at radius 3 is 2.78 bits per heavy atom. The largest absolute Gasteiger partial charge is 0.370 e. The monoisotopic (exact) mass is 310 g/mol. The highest BCUT2D eigenvalue weighted by Crippen LogP contribution is 2.25. The van der Waals surface area contributed by atoms with Gasteiger partial charge in [-0.15, -0.1) is 0 Å². The topological polar surface area (TPSA) is 15.3 Å². The number of halogens is 1. The van der Waals surface area contributed by atoms with E-state index in [2.05, 4.69) is 65.1 Å². The highest BCUT2D eigenvalue weighted by Gasteiger charge is 2.20. The summed E-state index contributed by atoms with van der Waals surface area (Å²) < 4.78 is 1.18. The minimum Gasteiger partial charge on any atom is -0.370 e. The first kappa shape index (κ1) is 13.9. The van der Waals surface area contributed by atoms with Gasteiger partial charge in [0.25, 0.3) is 0 Å². The van der Waals surface area contributed by atoms with Crippen molar-refractivity contribution >= 4 is 21.6 Å². The van der Waals surface area contributed by atoms with Gasteiger partial charge in [0.05, 0.1) is 0 Å². The first-order chi connectivity index (χ1) is 8.54. The predicted octanol–water partition coefficient (Wildman–Crippen LogP) is 3.72. The van der Waals surface area contributed by atoms with E-state index in [0.29, 0.717) is 12.1 Å². The number of rotatable bonds is 3. The van der Waals surface area contributed by atoms with E-state index in [4.69, 9.17) is 0 Å².